The van der Waals surface area contributed by atoms with E-state index < -0.39 is 0 Å². The summed E-state index contributed by atoms with van der Waals surface area (Å²) in [6.45, 7) is 7.85. The highest BCUT2D eigenvalue weighted by Crippen LogP contribution is 2.16. The first kappa shape index (κ1) is 15.5. The summed E-state index contributed by atoms with van der Waals surface area (Å²) in [4.78, 5) is 2.33. The molecule has 1 atom stereocenters. The summed E-state index contributed by atoms with van der Waals surface area (Å²) in [6, 6.07) is 4.17. The Morgan fingerprint density at radius 3 is 2.95 bits per heavy atom. The minimum atomic E-state index is 0.675. The van der Waals surface area contributed by atoms with E-state index in [4.69, 9.17) is 9.15 Å². The first-order valence-corrected chi connectivity index (χ1v) is 7.82. The van der Waals surface area contributed by atoms with E-state index in [1.54, 1.807) is 0 Å². The molecule has 0 bridgehead atoms. The summed E-state index contributed by atoms with van der Waals surface area (Å²) in [5.74, 6) is 2.76. The van der Waals surface area contributed by atoms with Crippen molar-refractivity contribution in [2.75, 3.05) is 33.4 Å². The Labute approximate surface area is 122 Å². The molecule has 1 aromatic heterocycles. The molecular formula is C16H28N2O2. The molecule has 4 heteroatoms. The van der Waals surface area contributed by atoms with Gasteiger partial charge in [-0.15, -0.1) is 0 Å². The summed E-state index contributed by atoms with van der Waals surface area (Å²) in [6.07, 6.45) is 3.64. The van der Waals surface area contributed by atoms with Crippen LogP contribution < -0.4 is 5.32 Å². The van der Waals surface area contributed by atoms with Gasteiger partial charge in [0.1, 0.15) is 11.5 Å². The zero-order valence-corrected chi connectivity index (χ0v) is 12.9. The molecule has 1 saturated heterocycles. The maximum absolute atomic E-state index is 5.85. The average molecular weight is 280 g/mol. The van der Waals surface area contributed by atoms with E-state index in [9.17, 15) is 0 Å². The monoisotopic (exact) mass is 280 g/mol. The second-order valence-electron chi connectivity index (χ2n) is 5.82. The highest BCUT2D eigenvalue weighted by atomic mass is 16.5. The molecule has 114 valence electrons. The lowest BCUT2D eigenvalue weighted by molar-refractivity contribution is 0.0403. The zero-order chi connectivity index (χ0) is 14.2. The topological polar surface area (TPSA) is 37.6 Å². The number of nitrogens with one attached hydrogen (secondary N) is 1. The van der Waals surface area contributed by atoms with Gasteiger partial charge in [-0.2, -0.15) is 0 Å². The summed E-state index contributed by atoms with van der Waals surface area (Å²) >= 11 is 0. The molecule has 1 aromatic rings. The van der Waals surface area contributed by atoms with Crippen LogP contribution in [0, 0.1) is 5.92 Å². The third-order valence-corrected chi connectivity index (χ3v) is 3.69. The molecule has 4 nitrogen and oxygen atoms in total. The van der Waals surface area contributed by atoms with Crippen LogP contribution in [0.25, 0.3) is 0 Å². The molecule has 2 heterocycles. The molecule has 0 radical (unpaired) electrons. The first-order valence-electron chi connectivity index (χ1n) is 7.82. The van der Waals surface area contributed by atoms with Crippen molar-refractivity contribution in [3.8, 4) is 0 Å². The summed E-state index contributed by atoms with van der Waals surface area (Å²) in [5, 5.41) is 3.36. The SMILES string of the molecule is CCCNCc1ccc(CN(C)CC2CCCOC2)o1. The van der Waals surface area contributed by atoms with Crippen molar-refractivity contribution in [1.29, 1.82) is 0 Å². The Bertz CT molecular complexity index is 372. The third kappa shape index (κ3) is 5.27. The van der Waals surface area contributed by atoms with Crippen molar-refractivity contribution >= 4 is 0 Å². The normalized spacial score (nSPS) is 19.6. The fourth-order valence-electron chi connectivity index (χ4n) is 2.71. The molecule has 0 saturated carbocycles. The molecule has 1 aliphatic heterocycles. The fraction of sp³-hybridized carbons (Fsp3) is 0.750. The Hall–Kier alpha value is -0.840. The quantitative estimate of drug-likeness (QED) is 0.743. The average Bonchev–Trinajstić information content (AvgIpc) is 2.87. The number of ether oxygens (including phenoxy) is 1. The molecule has 20 heavy (non-hydrogen) atoms. The molecule has 0 amide bonds. The number of hydrogen-bond acceptors (Lipinski definition) is 4. The smallest absolute Gasteiger partial charge is 0.118 e. The summed E-state index contributed by atoms with van der Waals surface area (Å²) in [5.41, 5.74) is 0. The number of nitrogens with zero attached hydrogens (tertiary/aromatic N) is 1. The molecule has 1 unspecified atom stereocenters. The predicted octanol–water partition coefficient (Wildman–Crippen LogP) is 2.64. The van der Waals surface area contributed by atoms with Crippen LogP contribution in [0.3, 0.4) is 0 Å². The van der Waals surface area contributed by atoms with Gasteiger partial charge in [0.25, 0.3) is 0 Å². The Balaban J connectivity index is 1.71. The Morgan fingerprint density at radius 1 is 1.35 bits per heavy atom. The van der Waals surface area contributed by atoms with E-state index in [-0.39, 0.29) is 0 Å². The second-order valence-corrected chi connectivity index (χ2v) is 5.82. The van der Waals surface area contributed by atoms with E-state index >= 15 is 0 Å². The van der Waals surface area contributed by atoms with E-state index in [0.717, 1.165) is 57.3 Å². The van der Waals surface area contributed by atoms with Crippen LogP contribution in [0.4, 0.5) is 0 Å². The first-order chi connectivity index (χ1) is 9.78. The minimum Gasteiger partial charge on any atom is -0.463 e. The largest absolute Gasteiger partial charge is 0.463 e. The Kier molecular flexibility index (Phi) is 6.57. The van der Waals surface area contributed by atoms with Crippen molar-refractivity contribution < 1.29 is 9.15 Å². The van der Waals surface area contributed by atoms with Gasteiger partial charge in [-0.1, -0.05) is 6.92 Å². The van der Waals surface area contributed by atoms with Crippen LogP contribution in [0.5, 0.6) is 0 Å². The van der Waals surface area contributed by atoms with Gasteiger partial charge in [-0.05, 0) is 50.9 Å². The maximum Gasteiger partial charge on any atom is 0.118 e. The molecule has 0 spiro atoms. The molecule has 2 rings (SSSR count). The lowest BCUT2D eigenvalue weighted by atomic mass is 10.0. The molecule has 1 N–H and O–H groups in total. The summed E-state index contributed by atoms with van der Waals surface area (Å²) in [7, 11) is 2.16. The number of rotatable bonds is 8. The summed E-state index contributed by atoms with van der Waals surface area (Å²) < 4.78 is 11.4. The van der Waals surface area contributed by atoms with Crippen LogP contribution in [-0.2, 0) is 17.8 Å². The minimum absolute atomic E-state index is 0.675. The van der Waals surface area contributed by atoms with Crippen LogP contribution in [-0.4, -0.2) is 38.3 Å². The van der Waals surface area contributed by atoms with Gasteiger partial charge in [-0.25, -0.2) is 0 Å². The van der Waals surface area contributed by atoms with Crippen molar-refractivity contribution in [2.45, 2.75) is 39.3 Å². The number of hydrogen-bond donors (Lipinski definition) is 1. The van der Waals surface area contributed by atoms with E-state index in [2.05, 4.69) is 36.3 Å². The molecule has 0 aromatic carbocycles. The molecular weight excluding hydrogens is 252 g/mol. The van der Waals surface area contributed by atoms with Crippen LogP contribution >= 0.6 is 0 Å². The molecule has 1 fully saturated rings. The second kappa shape index (κ2) is 8.45. The highest BCUT2D eigenvalue weighted by Gasteiger charge is 2.16. The van der Waals surface area contributed by atoms with Gasteiger partial charge >= 0.3 is 0 Å². The van der Waals surface area contributed by atoms with Gasteiger partial charge in [0.2, 0.25) is 0 Å². The van der Waals surface area contributed by atoms with Crippen LogP contribution in [0.2, 0.25) is 0 Å². The Morgan fingerprint density at radius 2 is 2.20 bits per heavy atom. The van der Waals surface area contributed by atoms with Crippen molar-refractivity contribution in [2.24, 2.45) is 5.92 Å². The van der Waals surface area contributed by atoms with Crippen molar-refractivity contribution in [3.05, 3.63) is 23.7 Å². The fourth-order valence-corrected chi connectivity index (χ4v) is 2.71. The van der Waals surface area contributed by atoms with Crippen LogP contribution in [0.15, 0.2) is 16.5 Å². The van der Waals surface area contributed by atoms with Crippen molar-refractivity contribution in [3.63, 3.8) is 0 Å². The van der Waals surface area contributed by atoms with Gasteiger partial charge in [0, 0.05) is 13.2 Å². The van der Waals surface area contributed by atoms with Gasteiger partial charge in [-0.3, -0.25) is 4.90 Å². The van der Waals surface area contributed by atoms with E-state index in [0.29, 0.717) is 5.92 Å². The van der Waals surface area contributed by atoms with E-state index in [1.807, 2.05) is 0 Å². The lowest BCUT2D eigenvalue weighted by Crippen LogP contribution is -2.30. The maximum atomic E-state index is 5.85. The van der Waals surface area contributed by atoms with E-state index in [1.165, 1.54) is 12.8 Å². The standard InChI is InChI=1S/C16H28N2O2/c1-3-8-17-10-15-6-7-16(20-15)12-18(2)11-14-5-4-9-19-13-14/h6-7,14,17H,3-5,8-13H2,1-2H3. The molecule has 1 aliphatic rings. The lowest BCUT2D eigenvalue weighted by Gasteiger charge is -2.26. The van der Waals surface area contributed by atoms with Gasteiger partial charge < -0.3 is 14.5 Å². The van der Waals surface area contributed by atoms with Crippen LogP contribution in [0.1, 0.15) is 37.7 Å². The highest BCUT2D eigenvalue weighted by molar-refractivity contribution is 5.07. The number of furan rings is 1. The van der Waals surface area contributed by atoms with Crippen molar-refractivity contribution in [1.82, 2.24) is 10.2 Å². The zero-order valence-electron chi connectivity index (χ0n) is 12.9. The predicted molar refractivity (Wildman–Crippen MR) is 80.6 cm³/mol. The van der Waals surface area contributed by atoms with Gasteiger partial charge in [0.05, 0.1) is 19.7 Å². The third-order valence-electron chi connectivity index (χ3n) is 3.69. The molecule has 0 aliphatic carbocycles. The van der Waals surface area contributed by atoms with Gasteiger partial charge in [0.15, 0.2) is 0 Å².